The second-order valence-corrected chi connectivity index (χ2v) is 3.99. The van der Waals surface area contributed by atoms with E-state index >= 15 is 0 Å². The molecule has 0 radical (unpaired) electrons. The predicted octanol–water partition coefficient (Wildman–Crippen LogP) is 0.441. The number of aliphatic hydroxyl groups excluding tert-OH is 1. The van der Waals surface area contributed by atoms with Gasteiger partial charge in [0.15, 0.2) is 0 Å². The maximum atomic E-state index is 9.03. The molecule has 3 nitrogen and oxygen atoms in total. The zero-order valence-electron chi connectivity index (χ0n) is 8.79. The minimum absolute atomic E-state index is 0.259. The molecule has 0 amide bonds. The number of unbranched alkanes of at least 4 members (excludes halogenated alkanes) is 1. The van der Waals surface area contributed by atoms with Gasteiger partial charge in [-0.2, -0.15) is 0 Å². The van der Waals surface area contributed by atoms with Crippen molar-refractivity contribution < 1.29 is 5.11 Å². The number of hydrogen-bond acceptors (Lipinski definition) is 3. The van der Waals surface area contributed by atoms with E-state index in [0.29, 0.717) is 6.04 Å². The number of aliphatic hydroxyl groups is 1. The summed E-state index contributed by atoms with van der Waals surface area (Å²) in [6, 6.07) is 0.905. The molecule has 1 aliphatic heterocycles. The summed E-state index contributed by atoms with van der Waals surface area (Å²) >= 11 is 0. The molecule has 2 atom stereocenters. The van der Waals surface area contributed by atoms with Crippen LogP contribution in [-0.4, -0.2) is 48.3 Å². The summed E-state index contributed by atoms with van der Waals surface area (Å²) in [6.07, 6.45) is 2.52. The van der Waals surface area contributed by atoms with Crippen LogP contribution in [0.25, 0.3) is 0 Å². The fourth-order valence-electron chi connectivity index (χ4n) is 1.79. The van der Waals surface area contributed by atoms with E-state index in [-0.39, 0.29) is 12.6 Å². The second kappa shape index (κ2) is 5.58. The third kappa shape index (κ3) is 3.25. The van der Waals surface area contributed by atoms with Crippen molar-refractivity contribution in [3.63, 3.8) is 0 Å². The van der Waals surface area contributed by atoms with Crippen molar-refractivity contribution in [2.24, 2.45) is 0 Å². The molecule has 0 aliphatic carbocycles. The van der Waals surface area contributed by atoms with Gasteiger partial charge in [-0.25, -0.2) is 0 Å². The van der Waals surface area contributed by atoms with Crippen LogP contribution in [0.5, 0.6) is 0 Å². The van der Waals surface area contributed by atoms with Gasteiger partial charge in [-0.15, -0.1) is 0 Å². The molecule has 1 heterocycles. The maximum absolute atomic E-state index is 9.03. The van der Waals surface area contributed by atoms with E-state index in [0.717, 1.165) is 13.1 Å². The van der Waals surface area contributed by atoms with Crippen LogP contribution in [0.2, 0.25) is 0 Å². The van der Waals surface area contributed by atoms with Gasteiger partial charge in [0.2, 0.25) is 0 Å². The molecule has 13 heavy (non-hydrogen) atoms. The zero-order chi connectivity index (χ0) is 9.68. The Hall–Kier alpha value is -0.120. The minimum atomic E-state index is 0.259. The Morgan fingerprint density at radius 3 is 2.92 bits per heavy atom. The van der Waals surface area contributed by atoms with Crippen molar-refractivity contribution in [1.82, 2.24) is 10.2 Å². The van der Waals surface area contributed by atoms with Crippen LogP contribution in [0.15, 0.2) is 0 Å². The van der Waals surface area contributed by atoms with Gasteiger partial charge in [0.25, 0.3) is 0 Å². The molecule has 0 aromatic carbocycles. The average molecular weight is 186 g/mol. The Labute approximate surface area is 81.1 Å². The van der Waals surface area contributed by atoms with Crippen LogP contribution >= 0.6 is 0 Å². The first kappa shape index (κ1) is 11.0. The van der Waals surface area contributed by atoms with Crippen molar-refractivity contribution in [3.05, 3.63) is 0 Å². The molecule has 0 saturated carbocycles. The summed E-state index contributed by atoms with van der Waals surface area (Å²) in [7, 11) is 0. The lowest BCUT2D eigenvalue weighted by molar-refractivity contribution is 0.108. The molecule has 0 bridgehead atoms. The summed E-state index contributed by atoms with van der Waals surface area (Å²) < 4.78 is 0. The molecule has 2 N–H and O–H groups in total. The van der Waals surface area contributed by atoms with Crippen LogP contribution in [0.4, 0.5) is 0 Å². The highest BCUT2D eigenvalue weighted by atomic mass is 16.3. The van der Waals surface area contributed by atoms with Crippen LogP contribution in [0.3, 0.4) is 0 Å². The van der Waals surface area contributed by atoms with Gasteiger partial charge < -0.3 is 10.4 Å². The Kier molecular flexibility index (Phi) is 4.70. The first-order chi connectivity index (χ1) is 6.27. The van der Waals surface area contributed by atoms with Crippen LogP contribution in [-0.2, 0) is 0 Å². The van der Waals surface area contributed by atoms with Crippen molar-refractivity contribution >= 4 is 0 Å². The van der Waals surface area contributed by atoms with Gasteiger partial charge in [-0.1, -0.05) is 13.3 Å². The predicted molar refractivity (Wildman–Crippen MR) is 54.8 cm³/mol. The smallest absolute Gasteiger partial charge is 0.0597 e. The lowest BCUT2D eigenvalue weighted by Crippen LogP contribution is -2.56. The van der Waals surface area contributed by atoms with Gasteiger partial charge >= 0.3 is 0 Å². The number of nitrogens with zero attached hydrogens (tertiary/aromatic N) is 1. The fourth-order valence-corrected chi connectivity index (χ4v) is 1.79. The molecule has 78 valence electrons. The van der Waals surface area contributed by atoms with Crippen LogP contribution in [0, 0.1) is 0 Å². The van der Waals surface area contributed by atoms with E-state index in [1.807, 2.05) is 0 Å². The lowest BCUT2D eigenvalue weighted by Gasteiger charge is -2.38. The third-order valence-electron chi connectivity index (χ3n) is 2.80. The van der Waals surface area contributed by atoms with Crippen molar-refractivity contribution in [2.75, 3.05) is 26.2 Å². The molecule has 1 rings (SSSR count). The van der Waals surface area contributed by atoms with Gasteiger partial charge in [-0.3, -0.25) is 4.90 Å². The summed E-state index contributed by atoms with van der Waals surface area (Å²) in [5.74, 6) is 0. The molecule has 1 aliphatic rings. The summed E-state index contributed by atoms with van der Waals surface area (Å²) in [5.41, 5.74) is 0. The van der Waals surface area contributed by atoms with Crippen molar-refractivity contribution in [1.29, 1.82) is 0 Å². The van der Waals surface area contributed by atoms with Gasteiger partial charge in [0.05, 0.1) is 6.61 Å². The quantitative estimate of drug-likeness (QED) is 0.669. The van der Waals surface area contributed by atoms with Gasteiger partial charge in [0, 0.05) is 25.2 Å². The molecular weight excluding hydrogens is 164 g/mol. The monoisotopic (exact) mass is 186 g/mol. The Morgan fingerprint density at radius 2 is 2.31 bits per heavy atom. The molecule has 3 heteroatoms. The minimum Gasteiger partial charge on any atom is -0.395 e. The standard InChI is InChI=1S/C10H22N2O/c1-3-4-5-12-7-10(8-13)11-6-9(12)2/h9-11,13H,3-8H2,1-2H3. The topological polar surface area (TPSA) is 35.5 Å². The molecule has 0 spiro atoms. The molecule has 0 aromatic rings. The van der Waals surface area contributed by atoms with E-state index in [1.54, 1.807) is 0 Å². The first-order valence-corrected chi connectivity index (χ1v) is 5.36. The summed E-state index contributed by atoms with van der Waals surface area (Å²) in [4.78, 5) is 2.47. The Bertz CT molecular complexity index is 141. The highest BCUT2D eigenvalue weighted by Gasteiger charge is 2.23. The fraction of sp³-hybridized carbons (Fsp3) is 1.00. The lowest BCUT2D eigenvalue weighted by atomic mass is 10.1. The normalized spacial score (nSPS) is 30.7. The van der Waals surface area contributed by atoms with E-state index < -0.39 is 0 Å². The Balaban J connectivity index is 2.31. The van der Waals surface area contributed by atoms with E-state index in [1.165, 1.54) is 19.4 Å². The first-order valence-electron chi connectivity index (χ1n) is 5.36. The number of piperazine rings is 1. The van der Waals surface area contributed by atoms with Gasteiger partial charge in [-0.05, 0) is 19.9 Å². The highest BCUT2D eigenvalue weighted by Crippen LogP contribution is 2.07. The largest absolute Gasteiger partial charge is 0.395 e. The van der Waals surface area contributed by atoms with Crippen molar-refractivity contribution in [2.45, 2.75) is 38.8 Å². The molecule has 1 saturated heterocycles. The number of rotatable bonds is 4. The van der Waals surface area contributed by atoms with E-state index in [4.69, 9.17) is 5.11 Å². The highest BCUT2D eigenvalue weighted by molar-refractivity contribution is 4.83. The maximum Gasteiger partial charge on any atom is 0.0597 e. The summed E-state index contributed by atoms with van der Waals surface area (Å²) in [5, 5.41) is 12.4. The molecular formula is C10H22N2O. The number of nitrogens with one attached hydrogen (secondary N) is 1. The van der Waals surface area contributed by atoms with Crippen LogP contribution < -0.4 is 5.32 Å². The van der Waals surface area contributed by atoms with Crippen LogP contribution in [0.1, 0.15) is 26.7 Å². The molecule has 2 unspecified atom stereocenters. The molecule has 1 fully saturated rings. The average Bonchev–Trinajstić information content (AvgIpc) is 2.17. The number of hydrogen-bond donors (Lipinski definition) is 2. The molecule has 0 aromatic heterocycles. The Morgan fingerprint density at radius 1 is 1.54 bits per heavy atom. The second-order valence-electron chi connectivity index (χ2n) is 3.99. The van der Waals surface area contributed by atoms with E-state index in [9.17, 15) is 0 Å². The zero-order valence-corrected chi connectivity index (χ0v) is 8.79. The third-order valence-corrected chi connectivity index (χ3v) is 2.80. The van der Waals surface area contributed by atoms with E-state index in [2.05, 4.69) is 24.1 Å². The van der Waals surface area contributed by atoms with Crippen molar-refractivity contribution in [3.8, 4) is 0 Å². The SMILES string of the molecule is CCCCN1CC(CO)NCC1C. The van der Waals surface area contributed by atoms with Gasteiger partial charge in [0.1, 0.15) is 0 Å². The summed E-state index contributed by atoms with van der Waals surface area (Å²) in [6.45, 7) is 7.91.